The molecule has 0 fully saturated rings. The Balaban J connectivity index is 1.40. The first-order valence-electron chi connectivity index (χ1n) is 14.1. The summed E-state index contributed by atoms with van der Waals surface area (Å²) in [6.07, 6.45) is 4.27. The second-order valence-electron chi connectivity index (χ2n) is 10.8. The van der Waals surface area contributed by atoms with Gasteiger partial charge in [0.15, 0.2) is 6.04 Å². The highest BCUT2D eigenvalue weighted by Crippen LogP contribution is 2.35. The van der Waals surface area contributed by atoms with Crippen LogP contribution >= 0.6 is 0 Å². The Morgan fingerprint density at radius 3 is 2.39 bits per heavy atom. The molecule has 0 saturated carbocycles. The second kappa shape index (κ2) is 11.6. The molecule has 41 heavy (non-hydrogen) atoms. The highest BCUT2D eigenvalue weighted by Gasteiger charge is 2.31. The lowest BCUT2D eigenvalue weighted by molar-refractivity contribution is -0.142. The Bertz CT molecular complexity index is 1690. The molecular weight excluding hydrogens is 524 g/mol. The number of benzene rings is 2. The van der Waals surface area contributed by atoms with Gasteiger partial charge < -0.3 is 24.6 Å². The topological polar surface area (TPSA) is 139 Å². The molecule has 4 aromatic rings. The minimum atomic E-state index is -1.27. The molecule has 2 heterocycles. The van der Waals surface area contributed by atoms with Crippen LogP contribution in [0.5, 0.6) is 0 Å². The monoisotopic (exact) mass is 558 g/mol. The van der Waals surface area contributed by atoms with Gasteiger partial charge in [0.1, 0.15) is 23.0 Å². The maximum Gasteiger partial charge on any atom is 0.340 e. The minimum absolute atomic E-state index is 0.211. The molecule has 0 spiro atoms. The summed E-state index contributed by atoms with van der Waals surface area (Å²) >= 11 is 0. The number of amides is 2. The third-order valence-corrected chi connectivity index (χ3v) is 8.18. The summed E-state index contributed by atoms with van der Waals surface area (Å²) in [6.45, 7) is 5.46. The smallest absolute Gasteiger partial charge is 0.340 e. The van der Waals surface area contributed by atoms with E-state index in [-0.39, 0.29) is 17.9 Å². The standard InChI is InChI=1S/C32H34N2O7/c1-4-17(2)28(30(36)34-29(31(37)38)19-10-6-5-7-11-19)33-27(35)15-22-18(3)21-14-23-20-12-8-9-13-24(20)40-26(23)16-25(21)41-32(22)39/h5-7,10-11,14,16-17,28-29H,4,8-9,12-13,15H2,1-3H3,(H,33,35)(H,34,36)(H,37,38)/t17-,28-,29-/m1/s1. The zero-order valence-electron chi connectivity index (χ0n) is 23.4. The predicted molar refractivity (Wildman–Crippen MR) is 154 cm³/mol. The Hall–Kier alpha value is -4.40. The van der Waals surface area contributed by atoms with Gasteiger partial charge in [0.05, 0.1) is 12.0 Å². The first kappa shape index (κ1) is 28.1. The molecule has 2 aromatic carbocycles. The van der Waals surface area contributed by atoms with Gasteiger partial charge in [0.25, 0.3) is 0 Å². The van der Waals surface area contributed by atoms with Gasteiger partial charge in [-0.15, -0.1) is 0 Å². The van der Waals surface area contributed by atoms with E-state index in [0.29, 0.717) is 28.7 Å². The summed E-state index contributed by atoms with van der Waals surface area (Å²) in [4.78, 5) is 51.4. The van der Waals surface area contributed by atoms with Crippen molar-refractivity contribution in [3.05, 3.63) is 80.9 Å². The van der Waals surface area contributed by atoms with E-state index in [2.05, 4.69) is 10.6 Å². The number of carboxylic acids is 1. The van der Waals surface area contributed by atoms with Crippen molar-refractivity contribution in [3.8, 4) is 0 Å². The molecule has 2 amide bonds. The van der Waals surface area contributed by atoms with Crippen LogP contribution in [-0.4, -0.2) is 28.9 Å². The molecule has 9 heteroatoms. The second-order valence-corrected chi connectivity index (χ2v) is 10.8. The largest absolute Gasteiger partial charge is 0.479 e. The number of hydrogen-bond donors (Lipinski definition) is 3. The molecule has 0 radical (unpaired) electrons. The molecular formula is C32H34N2O7. The average Bonchev–Trinajstić information content (AvgIpc) is 3.33. The predicted octanol–water partition coefficient (Wildman–Crippen LogP) is 4.74. The van der Waals surface area contributed by atoms with Crippen molar-refractivity contribution < 1.29 is 28.3 Å². The first-order valence-corrected chi connectivity index (χ1v) is 14.1. The van der Waals surface area contributed by atoms with Crippen LogP contribution in [-0.2, 0) is 33.6 Å². The van der Waals surface area contributed by atoms with Crippen molar-refractivity contribution in [2.45, 2.75) is 71.4 Å². The van der Waals surface area contributed by atoms with E-state index in [1.54, 1.807) is 50.2 Å². The van der Waals surface area contributed by atoms with Gasteiger partial charge in [-0.25, -0.2) is 9.59 Å². The fraction of sp³-hybridized carbons (Fsp3) is 0.375. The number of carboxylic acid groups (broad SMARTS) is 1. The molecule has 0 unspecified atom stereocenters. The number of fused-ring (bicyclic) bond motifs is 4. The van der Waals surface area contributed by atoms with Crippen LogP contribution in [0.3, 0.4) is 0 Å². The number of carbonyl (C=O) groups is 3. The van der Waals surface area contributed by atoms with Gasteiger partial charge in [-0.1, -0.05) is 50.6 Å². The van der Waals surface area contributed by atoms with E-state index in [4.69, 9.17) is 8.83 Å². The van der Waals surface area contributed by atoms with Gasteiger partial charge >= 0.3 is 11.6 Å². The molecule has 2 aromatic heterocycles. The summed E-state index contributed by atoms with van der Waals surface area (Å²) in [5.41, 5.74) is 2.92. The Labute approximate surface area is 236 Å². The Morgan fingerprint density at radius 2 is 1.68 bits per heavy atom. The lowest BCUT2D eigenvalue weighted by Gasteiger charge is -2.25. The van der Waals surface area contributed by atoms with Crippen molar-refractivity contribution in [1.29, 1.82) is 0 Å². The number of hydrogen-bond acceptors (Lipinski definition) is 6. The molecule has 0 bridgehead atoms. The number of aryl methyl sites for hydroxylation is 3. The lowest BCUT2D eigenvalue weighted by atomic mass is 9.94. The highest BCUT2D eigenvalue weighted by atomic mass is 16.4. The summed E-state index contributed by atoms with van der Waals surface area (Å²) in [6, 6.07) is 9.82. The molecule has 9 nitrogen and oxygen atoms in total. The normalized spacial score (nSPS) is 15.2. The quantitative estimate of drug-likeness (QED) is 0.252. The maximum absolute atomic E-state index is 13.3. The number of nitrogens with one attached hydrogen (secondary N) is 2. The SMILES string of the molecule is CC[C@@H](C)[C@@H](NC(=O)Cc1c(C)c2cc3c4c(oc3cc2oc1=O)CCCC4)C(=O)N[C@@H](C(=O)O)c1ccccc1. The van der Waals surface area contributed by atoms with E-state index in [1.165, 1.54) is 5.56 Å². The van der Waals surface area contributed by atoms with E-state index in [0.717, 1.165) is 42.2 Å². The molecule has 214 valence electrons. The molecule has 0 aliphatic heterocycles. The van der Waals surface area contributed by atoms with Crippen molar-refractivity contribution >= 4 is 39.7 Å². The van der Waals surface area contributed by atoms with E-state index in [9.17, 15) is 24.3 Å². The zero-order chi connectivity index (χ0) is 29.3. The number of furan rings is 1. The number of carbonyl (C=O) groups excluding carboxylic acids is 2. The van der Waals surface area contributed by atoms with E-state index < -0.39 is 35.5 Å². The van der Waals surface area contributed by atoms with Crippen LogP contribution in [0, 0.1) is 12.8 Å². The fourth-order valence-electron chi connectivity index (χ4n) is 5.60. The van der Waals surface area contributed by atoms with Gasteiger partial charge in [-0.05, 0) is 49.3 Å². The lowest BCUT2D eigenvalue weighted by Crippen LogP contribution is -2.52. The highest BCUT2D eigenvalue weighted by molar-refractivity contribution is 5.97. The van der Waals surface area contributed by atoms with Crippen LogP contribution in [0.4, 0.5) is 0 Å². The molecule has 1 aliphatic carbocycles. The van der Waals surface area contributed by atoms with Crippen molar-refractivity contribution in [2.24, 2.45) is 5.92 Å². The Morgan fingerprint density at radius 1 is 0.976 bits per heavy atom. The Kier molecular flexibility index (Phi) is 7.97. The van der Waals surface area contributed by atoms with Gasteiger partial charge in [-0.2, -0.15) is 0 Å². The van der Waals surface area contributed by atoms with Crippen LogP contribution < -0.4 is 16.3 Å². The van der Waals surface area contributed by atoms with Crippen LogP contribution in [0.25, 0.3) is 21.9 Å². The van der Waals surface area contributed by atoms with E-state index in [1.807, 2.05) is 13.0 Å². The molecule has 0 saturated heterocycles. The third-order valence-electron chi connectivity index (χ3n) is 8.18. The van der Waals surface area contributed by atoms with Crippen molar-refractivity contribution in [2.75, 3.05) is 0 Å². The molecule has 3 atom stereocenters. The number of rotatable bonds is 9. The first-order chi connectivity index (χ1) is 19.7. The summed E-state index contributed by atoms with van der Waals surface area (Å²) < 4.78 is 11.7. The fourth-order valence-corrected chi connectivity index (χ4v) is 5.60. The maximum atomic E-state index is 13.3. The van der Waals surface area contributed by atoms with Crippen LogP contribution in [0.15, 0.2) is 56.1 Å². The summed E-state index contributed by atoms with van der Waals surface area (Å²) in [5.74, 6) is -1.67. The third kappa shape index (κ3) is 5.62. The van der Waals surface area contributed by atoms with E-state index >= 15 is 0 Å². The summed E-state index contributed by atoms with van der Waals surface area (Å²) in [5, 5.41) is 16.8. The zero-order valence-corrected chi connectivity index (χ0v) is 23.4. The van der Waals surface area contributed by atoms with Gasteiger partial charge in [0.2, 0.25) is 11.8 Å². The molecule has 1 aliphatic rings. The van der Waals surface area contributed by atoms with Crippen molar-refractivity contribution in [3.63, 3.8) is 0 Å². The van der Waals surface area contributed by atoms with Crippen LogP contribution in [0.2, 0.25) is 0 Å². The van der Waals surface area contributed by atoms with Crippen LogP contribution in [0.1, 0.15) is 67.2 Å². The van der Waals surface area contributed by atoms with Gasteiger partial charge in [0, 0.05) is 28.8 Å². The molecule has 5 rings (SSSR count). The average molecular weight is 559 g/mol. The van der Waals surface area contributed by atoms with Crippen molar-refractivity contribution in [1.82, 2.24) is 10.6 Å². The number of aliphatic carboxylic acids is 1. The van der Waals surface area contributed by atoms with Gasteiger partial charge in [-0.3, -0.25) is 9.59 Å². The summed E-state index contributed by atoms with van der Waals surface area (Å²) in [7, 11) is 0. The minimum Gasteiger partial charge on any atom is -0.479 e. The molecule has 3 N–H and O–H groups in total.